The molecule has 36 heteroatoms. The van der Waals surface area contributed by atoms with Gasteiger partial charge in [-0.3, -0.25) is 33.5 Å². The maximum absolute atomic E-state index is 13.9. The van der Waals surface area contributed by atoms with Crippen LogP contribution >= 0.6 is 0 Å². The van der Waals surface area contributed by atoms with E-state index in [-0.39, 0.29) is 111 Å². The quantitative estimate of drug-likeness (QED) is 0.0182. The Morgan fingerprint density at radius 1 is 0.683 bits per heavy atom. The largest absolute Gasteiger partial charge is 0.496 e. The van der Waals surface area contributed by atoms with E-state index in [9.17, 15) is 70.4 Å². The first-order valence-electron chi connectivity index (χ1n) is 32.9. The molecule has 1 aromatic heterocycles. The van der Waals surface area contributed by atoms with E-state index in [0.717, 1.165) is 0 Å². The number of rotatable bonds is 38. The highest BCUT2D eigenvalue weighted by Gasteiger charge is 2.40. The molecule has 2 heterocycles. The van der Waals surface area contributed by atoms with Crippen LogP contribution in [0.5, 0.6) is 5.75 Å². The van der Waals surface area contributed by atoms with Gasteiger partial charge in [0, 0.05) is 66.8 Å². The maximum Gasteiger partial charge on any atom is 0.319 e. The summed E-state index contributed by atoms with van der Waals surface area (Å²) in [6.07, 6.45) is 2.21. The van der Waals surface area contributed by atoms with Crippen molar-refractivity contribution in [1.82, 2.24) is 46.4 Å². The summed E-state index contributed by atoms with van der Waals surface area (Å²) in [5.41, 5.74) is 2.71. The highest BCUT2D eigenvalue weighted by molar-refractivity contribution is 7.93. The molecule has 0 unspecified atom stereocenters. The van der Waals surface area contributed by atoms with Crippen LogP contribution < -0.4 is 57.3 Å². The number of likely N-dealkylation sites (tertiary alicyclic amines) is 1. The van der Waals surface area contributed by atoms with Gasteiger partial charge < -0.3 is 81.9 Å². The van der Waals surface area contributed by atoms with Gasteiger partial charge in [-0.15, -0.1) is 0 Å². The molecule has 10 amide bonds. The van der Waals surface area contributed by atoms with Crippen LogP contribution in [0, 0.1) is 11.7 Å². The Labute approximate surface area is 599 Å². The fourth-order valence-corrected chi connectivity index (χ4v) is 12.8. The number of anilines is 6. The normalized spacial score (nSPS) is 14.1. The highest BCUT2D eigenvalue weighted by atomic mass is 32.2. The number of sulfonamides is 1. The van der Waals surface area contributed by atoms with Gasteiger partial charge in [0.2, 0.25) is 23.7 Å². The molecule has 1 saturated heterocycles. The molecule has 6 aromatic rings. The standard InChI is InChI=1S/C68H84FN15O18S2/c1-6-25-70-66(93)77-49-14-9-16-51(37-49)104(97,98)82-50-15-8-12-44(35-50)53(38-58(86)87)79-68(95)76-47-21-19-46(20-22-47)75-67(94)71-26-29-101-31-33-102-32-30-100-28-24-57(85)78-54(39-59(88)89)64(92)84-27-10-17-55(84)62(90)80-60(42(2)3)63(91)83-103(5,96)40-43-11-7-13-48(34-43)74-65-73-41-72-61(81-65)52-23-18-45(69)36-56(52)99-4/h7-9,11-16,18-23,34-37,41-42,53-55,60,82H,6,10,17,24-33,38-40H2,1-5H3,(H,78,85)(H,80,90)(H,86,87)(H,88,89)(H2,70,77,93)(H2,71,75,94)(H2,76,79,95)(H,72,73,74,81)/t53-,54+,55+,60+,103-/m1/s1. The van der Waals surface area contributed by atoms with E-state index < -0.39 is 122 Å². The lowest BCUT2D eigenvalue weighted by molar-refractivity contribution is -0.146. The number of aliphatic carboxylic acids is 2. The summed E-state index contributed by atoms with van der Waals surface area (Å²) in [6, 6.07) is 21.3. The van der Waals surface area contributed by atoms with Crippen LogP contribution in [0.1, 0.15) is 76.5 Å². The molecule has 5 atom stereocenters. The highest BCUT2D eigenvalue weighted by Crippen LogP contribution is 2.30. The summed E-state index contributed by atoms with van der Waals surface area (Å²) in [7, 11) is -6.07. The number of carbonyl (C=O) groups is 9. The van der Waals surface area contributed by atoms with Gasteiger partial charge in [0.15, 0.2) is 5.82 Å². The van der Waals surface area contributed by atoms with Crippen molar-refractivity contribution >= 4 is 108 Å². The molecular formula is C68H84FN15O18S2. The Hall–Kier alpha value is -11.0. The predicted molar refractivity (Wildman–Crippen MR) is 381 cm³/mol. The molecule has 12 N–H and O–H groups in total. The number of hydrogen-bond acceptors (Lipinski definition) is 20. The summed E-state index contributed by atoms with van der Waals surface area (Å²) in [6.45, 7) is 6.31. The smallest absolute Gasteiger partial charge is 0.319 e. The number of aromatic nitrogens is 3. The molecule has 1 fully saturated rings. The summed E-state index contributed by atoms with van der Waals surface area (Å²) in [4.78, 5) is 130. The number of ether oxygens (including phenoxy) is 4. The Kier molecular flexibility index (Phi) is 30.5. The Balaban J connectivity index is 0.762. The topological polar surface area (TPSA) is 457 Å². The molecule has 33 nitrogen and oxygen atoms in total. The van der Waals surface area contributed by atoms with E-state index in [4.69, 9.17) is 18.9 Å². The lowest BCUT2D eigenvalue weighted by atomic mass is 10.0. The van der Waals surface area contributed by atoms with Crippen LogP contribution in [-0.2, 0) is 68.5 Å². The molecule has 7 rings (SSSR count). The SMILES string of the molecule is CCCNC(=O)Nc1cccc(S(=O)(=O)Nc2cccc([C@@H](CC(=O)O)NC(=O)Nc3ccc(NC(=O)NCCOCCOCCOCCC(=O)N[C@@H](CC(=O)O)C(=O)N4CCC[C@H]4C(=O)N[C@H](C(=O)N=[S@](C)(=O)Cc4cccc(Nc5ncnc(-c6ccc(F)cc6OC)n5)c4)C(C)C)cc3)c2)c1. The lowest BCUT2D eigenvalue weighted by Crippen LogP contribution is -2.56. The van der Waals surface area contributed by atoms with E-state index in [2.05, 4.69) is 71.9 Å². The summed E-state index contributed by atoms with van der Waals surface area (Å²) in [5.74, 6) is -6.37. The van der Waals surface area contributed by atoms with Crippen LogP contribution in [0.15, 0.2) is 131 Å². The van der Waals surface area contributed by atoms with Gasteiger partial charge in [-0.1, -0.05) is 51.1 Å². The summed E-state index contributed by atoms with van der Waals surface area (Å²) in [5, 5.41) is 43.3. The van der Waals surface area contributed by atoms with Crippen molar-refractivity contribution < 1.29 is 89.3 Å². The Morgan fingerprint density at radius 3 is 2.00 bits per heavy atom. The van der Waals surface area contributed by atoms with E-state index in [1.54, 1.807) is 38.1 Å². The summed E-state index contributed by atoms with van der Waals surface area (Å²) < 4.78 is 82.8. The third-order valence-corrected chi connectivity index (χ3v) is 18.1. The van der Waals surface area contributed by atoms with Gasteiger partial charge >= 0.3 is 30.0 Å². The molecule has 0 saturated carbocycles. The molecule has 104 heavy (non-hydrogen) atoms. The van der Waals surface area contributed by atoms with Crippen molar-refractivity contribution in [3.05, 3.63) is 139 Å². The first kappa shape index (κ1) is 80.4. The average molecular weight is 1480 g/mol. The third-order valence-electron chi connectivity index (χ3n) is 15.3. The number of hydrogen-bond donors (Lipinski definition) is 12. The van der Waals surface area contributed by atoms with Crippen molar-refractivity contribution in [2.24, 2.45) is 10.3 Å². The number of amides is 10. The van der Waals surface area contributed by atoms with E-state index in [1.807, 2.05) is 6.92 Å². The van der Waals surface area contributed by atoms with Gasteiger partial charge in [0.25, 0.3) is 15.9 Å². The van der Waals surface area contributed by atoms with Gasteiger partial charge in [-0.25, -0.2) is 41.4 Å². The second kappa shape index (κ2) is 39.5. The fraction of sp³-hybridized carbons (Fsp3) is 0.382. The van der Waals surface area contributed by atoms with Crippen molar-refractivity contribution in [1.29, 1.82) is 0 Å². The second-order valence-corrected chi connectivity index (χ2v) is 28.0. The Morgan fingerprint density at radius 2 is 1.32 bits per heavy atom. The minimum absolute atomic E-state index is 0.0557. The number of halogens is 1. The number of carbonyl (C=O) groups excluding carboxylic acids is 7. The molecule has 0 aliphatic carbocycles. The van der Waals surface area contributed by atoms with Crippen LogP contribution in [-0.4, -0.2) is 187 Å². The van der Waals surface area contributed by atoms with Crippen LogP contribution in [0.25, 0.3) is 11.4 Å². The van der Waals surface area contributed by atoms with E-state index >= 15 is 0 Å². The molecule has 5 aromatic carbocycles. The Bertz CT molecular complexity index is 4260. The predicted octanol–water partition coefficient (Wildman–Crippen LogP) is 6.58. The number of nitrogens with one attached hydrogen (secondary N) is 10. The number of carboxylic acids is 2. The number of urea groups is 3. The first-order chi connectivity index (χ1) is 49.7. The number of benzene rings is 5. The molecule has 0 spiro atoms. The zero-order chi connectivity index (χ0) is 75.3. The van der Waals surface area contributed by atoms with Gasteiger partial charge in [0.05, 0.1) is 91.6 Å². The van der Waals surface area contributed by atoms with Gasteiger partial charge in [-0.05, 0) is 115 Å². The van der Waals surface area contributed by atoms with Crippen molar-refractivity contribution in [3.8, 4) is 17.1 Å². The molecular weight excluding hydrogens is 1400 g/mol. The lowest BCUT2D eigenvalue weighted by Gasteiger charge is -2.29. The fourth-order valence-electron chi connectivity index (χ4n) is 10.4. The van der Waals surface area contributed by atoms with Crippen LogP contribution in [0.3, 0.4) is 0 Å². The number of carboxylic acid groups (broad SMARTS) is 2. The number of methoxy groups -OCH3 is 1. The first-order valence-corrected chi connectivity index (χ1v) is 36.4. The van der Waals surface area contributed by atoms with E-state index in [1.165, 1.54) is 116 Å². The molecule has 1 aliphatic rings. The second-order valence-electron chi connectivity index (χ2n) is 23.9. The number of nitrogens with zero attached hydrogens (tertiary/aromatic N) is 5. The van der Waals surface area contributed by atoms with Gasteiger partial charge in [0.1, 0.15) is 36.0 Å². The van der Waals surface area contributed by atoms with Crippen LogP contribution in [0.4, 0.5) is 53.2 Å². The third kappa shape index (κ3) is 26.1. The summed E-state index contributed by atoms with van der Waals surface area (Å²) >= 11 is 0. The maximum atomic E-state index is 13.9. The van der Waals surface area contributed by atoms with Crippen molar-refractivity contribution in [3.63, 3.8) is 0 Å². The molecule has 1 aliphatic heterocycles. The zero-order valence-electron chi connectivity index (χ0n) is 57.6. The molecule has 0 radical (unpaired) electrons. The monoisotopic (exact) mass is 1480 g/mol. The van der Waals surface area contributed by atoms with Crippen molar-refractivity contribution in [2.75, 3.05) is 98.6 Å². The van der Waals surface area contributed by atoms with Crippen molar-refractivity contribution in [2.45, 2.75) is 94.1 Å². The van der Waals surface area contributed by atoms with Crippen LogP contribution in [0.2, 0.25) is 0 Å². The minimum atomic E-state index is -4.19. The molecule has 0 bridgehead atoms. The minimum Gasteiger partial charge on any atom is -0.496 e. The van der Waals surface area contributed by atoms with E-state index in [0.29, 0.717) is 47.6 Å². The zero-order valence-corrected chi connectivity index (χ0v) is 59.2. The van der Waals surface area contributed by atoms with Gasteiger partial charge in [-0.2, -0.15) is 9.35 Å². The average Bonchev–Trinajstić information content (AvgIpc) is 1.39. The molecule has 558 valence electrons.